The highest BCUT2D eigenvalue weighted by Crippen LogP contribution is 2.24. The van der Waals surface area contributed by atoms with Crippen LogP contribution in [0, 0.1) is 11.8 Å². The third kappa shape index (κ3) is 3.39. The van der Waals surface area contributed by atoms with Crippen molar-refractivity contribution in [2.75, 3.05) is 0 Å². The van der Waals surface area contributed by atoms with Gasteiger partial charge in [0.15, 0.2) is 0 Å². The molecule has 1 aromatic heterocycles. The van der Waals surface area contributed by atoms with Crippen molar-refractivity contribution in [2.24, 2.45) is 0 Å². The Hall–Kier alpha value is -3.50. The van der Waals surface area contributed by atoms with Gasteiger partial charge in [0.05, 0.1) is 5.69 Å². The average Bonchev–Trinajstić information content (AvgIpc) is 3.04. The zero-order valence-corrected chi connectivity index (χ0v) is 13.7. The van der Waals surface area contributed by atoms with Crippen molar-refractivity contribution in [3.05, 3.63) is 107 Å². The van der Waals surface area contributed by atoms with Gasteiger partial charge in [-0.1, -0.05) is 84.8 Å². The molecule has 0 spiro atoms. The first-order chi connectivity index (χ1) is 12.4. The molecule has 0 fully saturated rings. The van der Waals surface area contributed by atoms with Crippen LogP contribution >= 0.6 is 0 Å². The van der Waals surface area contributed by atoms with Crippen LogP contribution in [0.1, 0.15) is 22.4 Å². The second kappa shape index (κ2) is 6.95. The number of H-pyrrole nitrogens is 1. The van der Waals surface area contributed by atoms with Crippen LogP contribution in [0.4, 0.5) is 0 Å². The van der Waals surface area contributed by atoms with E-state index in [9.17, 15) is 0 Å². The highest BCUT2D eigenvalue weighted by molar-refractivity contribution is 5.94. The number of hydrogen-bond acceptors (Lipinski definition) is 0. The monoisotopic (exact) mass is 319 g/mol. The maximum Gasteiger partial charge on any atom is 0.0981 e. The predicted molar refractivity (Wildman–Crippen MR) is 106 cm³/mol. The number of nitrogens with one attached hydrogen (secondary N) is 1. The fourth-order valence-electron chi connectivity index (χ4n) is 2.84. The van der Waals surface area contributed by atoms with Crippen molar-refractivity contribution in [3.8, 4) is 11.8 Å². The van der Waals surface area contributed by atoms with E-state index in [0.717, 1.165) is 22.3 Å². The Balaban J connectivity index is 1.79. The van der Waals surface area contributed by atoms with Gasteiger partial charge in [0.2, 0.25) is 0 Å². The maximum absolute atomic E-state index is 3.45. The highest BCUT2D eigenvalue weighted by atomic mass is 14.7. The van der Waals surface area contributed by atoms with Crippen molar-refractivity contribution >= 4 is 23.1 Å². The van der Waals surface area contributed by atoms with Crippen molar-refractivity contribution in [1.82, 2.24) is 4.98 Å². The molecule has 0 aliphatic carbocycles. The summed E-state index contributed by atoms with van der Waals surface area (Å²) in [5.74, 6) is 6.54. The fourth-order valence-corrected chi connectivity index (χ4v) is 2.84. The van der Waals surface area contributed by atoms with E-state index in [4.69, 9.17) is 0 Å². The molecule has 0 bridgehead atoms. The molecule has 0 atom stereocenters. The van der Waals surface area contributed by atoms with E-state index >= 15 is 0 Å². The molecule has 0 aliphatic heterocycles. The van der Waals surface area contributed by atoms with Crippen LogP contribution in [0.3, 0.4) is 0 Å². The molecule has 0 unspecified atom stereocenters. The van der Waals surface area contributed by atoms with Gasteiger partial charge in [-0.05, 0) is 29.7 Å². The highest BCUT2D eigenvalue weighted by Gasteiger charge is 2.06. The summed E-state index contributed by atoms with van der Waals surface area (Å²) in [6.45, 7) is 0. The molecule has 25 heavy (non-hydrogen) atoms. The third-order valence-corrected chi connectivity index (χ3v) is 4.09. The van der Waals surface area contributed by atoms with E-state index in [2.05, 4.69) is 59.3 Å². The van der Waals surface area contributed by atoms with Crippen LogP contribution in [-0.4, -0.2) is 4.98 Å². The van der Waals surface area contributed by atoms with Crippen LogP contribution in [0.2, 0.25) is 0 Å². The normalized spacial score (nSPS) is 10.7. The zero-order chi connectivity index (χ0) is 16.9. The van der Waals surface area contributed by atoms with Crippen LogP contribution in [0.25, 0.3) is 23.1 Å². The zero-order valence-electron chi connectivity index (χ0n) is 13.7. The summed E-state index contributed by atoms with van der Waals surface area (Å²) in [6, 6.07) is 28.7. The summed E-state index contributed by atoms with van der Waals surface area (Å²) in [6.07, 6.45) is 4.27. The average molecular weight is 319 g/mol. The Kier molecular flexibility index (Phi) is 4.18. The van der Waals surface area contributed by atoms with Gasteiger partial charge in [-0.3, -0.25) is 0 Å². The fraction of sp³-hybridized carbons (Fsp3) is 0. The number of para-hydroxylation sites is 1. The van der Waals surface area contributed by atoms with Gasteiger partial charge in [-0.15, -0.1) is 0 Å². The molecule has 0 saturated heterocycles. The number of rotatable bonds is 2. The molecule has 4 rings (SSSR count). The van der Waals surface area contributed by atoms with E-state index in [0.29, 0.717) is 0 Å². The number of fused-ring (bicyclic) bond motifs is 1. The predicted octanol–water partition coefficient (Wildman–Crippen LogP) is 5.74. The van der Waals surface area contributed by atoms with E-state index < -0.39 is 0 Å². The Morgan fingerprint density at radius 2 is 1.32 bits per heavy atom. The summed E-state index contributed by atoms with van der Waals surface area (Å²) in [5, 5.41) is 1.19. The van der Waals surface area contributed by atoms with Crippen LogP contribution in [-0.2, 0) is 0 Å². The second-order valence-corrected chi connectivity index (χ2v) is 5.82. The molecule has 4 aromatic rings. The van der Waals surface area contributed by atoms with Gasteiger partial charge in [0, 0.05) is 22.0 Å². The van der Waals surface area contributed by atoms with Crippen LogP contribution < -0.4 is 0 Å². The van der Waals surface area contributed by atoms with Crippen molar-refractivity contribution < 1.29 is 0 Å². The van der Waals surface area contributed by atoms with Crippen LogP contribution in [0.5, 0.6) is 0 Å². The summed E-state index contributed by atoms with van der Waals surface area (Å²) in [7, 11) is 0. The summed E-state index contributed by atoms with van der Waals surface area (Å²) in [4.78, 5) is 3.45. The minimum atomic E-state index is 0.942. The van der Waals surface area contributed by atoms with E-state index in [-0.39, 0.29) is 0 Å². The lowest BCUT2D eigenvalue weighted by molar-refractivity contribution is 1.41. The Bertz CT molecular complexity index is 1070. The van der Waals surface area contributed by atoms with Gasteiger partial charge in [-0.2, -0.15) is 0 Å². The van der Waals surface area contributed by atoms with Crippen molar-refractivity contribution in [1.29, 1.82) is 0 Å². The van der Waals surface area contributed by atoms with Gasteiger partial charge >= 0.3 is 0 Å². The summed E-state index contributed by atoms with van der Waals surface area (Å²) in [5.41, 5.74) is 5.36. The number of aromatic nitrogens is 1. The molecule has 0 aliphatic rings. The van der Waals surface area contributed by atoms with E-state index in [1.165, 1.54) is 10.9 Å². The van der Waals surface area contributed by atoms with E-state index in [1.807, 2.05) is 54.6 Å². The standard InChI is InChI=1S/C24H17N/c1-3-9-19(10-4-1)15-17-22-21-13-7-8-14-23(21)25-24(22)18-16-20-11-5-2-6-12-20/h1-15,17,25H/b17-15+. The number of hydrogen-bond donors (Lipinski definition) is 1. The Morgan fingerprint density at radius 3 is 2.12 bits per heavy atom. The smallest absolute Gasteiger partial charge is 0.0981 e. The van der Waals surface area contributed by atoms with Gasteiger partial charge in [-0.25, -0.2) is 0 Å². The lowest BCUT2D eigenvalue weighted by Crippen LogP contribution is -1.79. The summed E-state index contributed by atoms with van der Waals surface area (Å²) >= 11 is 0. The lowest BCUT2D eigenvalue weighted by Gasteiger charge is -1.95. The molecular formula is C24H17N. The van der Waals surface area contributed by atoms with Crippen molar-refractivity contribution in [2.45, 2.75) is 0 Å². The Labute approximate surface area is 147 Å². The SMILES string of the molecule is C(#Cc1[nH]c2ccccc2c1/C=C/c1ccccc1)c1ccccc1. The maximum atomic E-state index is 3.45. The lowest BCUT2D eigenvalue weighted by atomic mass is 10.1. The topological polar surface area (TPSA) is 15.8 Å². The molecule has 0 saturated carbocycles. The van der Waals surface area contributed by atoms with E-state index in [1.54, 1.807) is 0 Å². The van der Waals surface area contributed by atoms with Gasteiger partial charge < -0.3 is 4.98 Å². The molecule has 0 amide bonds. The van der Waals surface area contributed by atoms with Gasteiger partial charge in [0.1, 0.15) is 0 Å². The quantitative estimate of drug-likeness (QED) is 0.454. The van der Waals surface area contributed by atoms with Crippen LogP contribution in [0.15, 0.2) is 84.9 Å². The minimum Gasteiger partial charge on any atom is -0.348 e. The number of benzene rings is 3. The van der Waals surface area contributed by atoms with Crippen molar-refractivity contribution in [3.63, 3.8) is 0 Å². The number of aromatic amines is 1. The van der Waals surface area contributed by atoms with Gasteiger partial charge in [0.25, 0.3) is 0 Å². The second-order valence-electron chi connectivity index (χ2n) is 5.82. The minimum absolute atomic E-state index is 0.942. The largest absolute Gasteiger partial charge is 0.348 e. The molecule has 3 aromatic carbocycles. The molecule has 118 valence electrons. The third-order valence-electron chi connectivity index (χ3n) is 4.09. The Morgan fingerprint density at radius 1 is 0.640 bits per heavy atom. The first-order valence-electron chi connectivity index (χ1n) is 8.31. The molecule has 1 heteroatoms. The molecule has 1 nitrogen and oxygen atoms in total. The molecule has 1 heterocycles. The molecular weight excluding hydrogens is 302 g/mol. The molecule has 1 N–H and O–H groups in total. The molecule has 0 radical (unpaired) electrons. The summed E-state index contributed by atoms with van der Waals surface area (Å²) < 4.78 is 0. The first-order valence-corrected chi connectivity index (χ1v) is 8.31. The first kappa shape index (κ1) is 15.1.